The molecule has 0 aliphatic carbocycles. The van der Waals surface area contributed by atoms with E-state index < -0.39 is 42.9 Å². The molecule has 2 N–H and O–H groups in total. The van der Waals surface area contributed by atoms with Crippen molar-refractivity contribution in [1.82, 2.24) is 15.2 Å². The average molecular weight is 573 g/mol. The predicted octanol–water partition coefficient (Wildman–Crippen LogP) is 4.93. The lowest BCUT2D eigenvalue weighted by Crippen LogP contribution is -2.41. The summed E-state index contributed by atoms with van der Waals surface area (Å²) in [5.41, 5.74) is 0.919. The van der Waals surface area contributed by atoms with Crippen molar-refractivity contribution in [3.63, 3.8) is 0 Å². The number of aliphatic imine (C=N–C) groups is 1. The number of rotatable bonds is 9. The highest BCUT2D eigenvalue weighted by molar-refractivity contribution is 7.11. The molecule has 2 atom stereocenters. The summed E-state index contributed by atoms with van der Waals surface area (Å²) in [5.74, 6) is -4.38. The van der Waals surface area contributed by atoms with Gasteiger partial charge in [0.15, 0.2) is 10.8 Å². The first-order valence-electron chi connectivity index (χ1n) is 11.5. The second-order valence-electron chi connectivity index (χ2n) is 8.67. The van der Waals surface area contributed by atoms with Gasteiger partial charge in [-0.25, -0.2) is 18.6 Å². The number of benzene rings is 1. The third-order valence-corrected chi connectivity index (χ3v) is 7.39. The Kier molecular flexibility index (Phi) is 8.47. The number of thiazole rings is 1. The monoisotopic (exact) mass is 572 g/mol. The van der Waals surface area contributed by atoms with E-state index in [9.17, 15) is 18.4 Å². The van der Waals surface area contributed by atoms with E-state index in [1.807, 2.05) is 0 Å². The number of ether oxygens (including phenoxy) is 1. The van der Waals surface area contributed by atoms with Crippen molar-refractivity contribution in [2.45, 2.75) is 44.2 Å². The van der Waals surface area contributed by atoms with E-state index in [4.69, 9.17) is 38.0 Å². The van der Waals surface area contributed by atoms with Crippen LogP contribution in [0.15, 0.2) is 46.0 Å². The molecule has 1 aromatic carbocycles. The van der Waals surface area contributed by atoms with Crippen molar-refractivity contribution in [2.75, 3.05) is 19.7 Å². The summed E-state index contributed by atoms with van der Waals surface area (Å²) in [7, 11) is 0. The van der Waals surface area contributed by atoms with Gasteiger partial charge < -0.3 is 15.2 Å². The minimum Gasteiger partial charge on any atom is -0.481 e. The van der Waals surface area contributed by atoms with E-state index in [-0.39, 0.29) is 36.6 Å². The van der Waals surface area contributed by atoms with E-state index in [1.54, 1.807) is 30.6 Å². The number of carbonyl (C=O) groups is 2. The van der Waals surface area contributed by atoms with Crippen LogP contribution in [-0.4, -0.2) is 64.4 Å². The zero-order chi connectivity index (χ0) is 26.7. The first-order valence-corrected chi connectivity index (χ1v) is 13.1. The third-order valence-electron chi connectivity index (χ3n) is 6.05. The number of aliphatic carboxylic acids is 1. The SMILES string of the molecule is CCOC(=O)C1=C(CN2CC(F)(F)C[C@@H]2CCC(=O)O)NC(c2nccs2)=N[C@H]1c1ccc(Cl)cc1Cl. The molecule has 2 aliphatic rings. The lowest BCUT2D eigenvalue weighted by Gasteiger charge is -2.31. The normalized spacial score (nSPS) is 21.5. The molecule has 1 saturated heterocycles. The summed E-state index contributed by atoms with van der Waals surface area (Å²) in [5, 5.41) is 15.2. The van der Waals surface area contributed by atoms with Gasteiger partial charge >= 0.3 is 11.9 Å². The van der Waals surface area contributed by atoms with Crippen LogP contribution in [0.25, 0.3) is 0 Å². The molecule has 37 heavy (non-hydrogen) atoms. The van der Waals surface area contributed by atoms with Gasteiger partial charge in [0.25, 0.3) is 5.92 Å². The van der Waals surface area contributed by atoms with Gasteiger partial charge in [-0.3, -0.25) is 14.7 Å². The number of alkyl halides is 2. The number of nitrogens with one attached hydrogen (secondary N) is 1. The Morgan fingerprint density at radius 1 is 1.35 bits per heavy atom. The molecule has 1 fully saturated rings. The topological polar surface area (TPSA) is 104 Å². The van der Waals surface area contributed by atoms with Gasteiger partial charge in [-0.1, -0.05) is 29.3 Å². The molecule has 2 aromatic rings. The first kappa shape index (κ1) is 27.4. The molecular weight excluding hydrogens is 549 g/mol. The van der Waals surface area contributed by atoms with Gasteiger partial charge in [0.1, 0.15) is 6.04 Å². The lowest BCUT2D eigenvalue weighted by atomic mass is 9.95. The Morgan fingerprint density at radius 3 is 2.78 bits per heavy atom. The maximum Gasteiger partial charge on any atom is 0.338 e. The van der Waals surface area contributed by atoms with Crippen LogP contribution in [-0.2, 0) is 14.3 Å². The standard InChI is InChI=1S/C24H24Cl2F2N4O4S/c1-2-36-23(35)19-17(11-32-12-24(27,28)10-14(32)4-6-18(33)34)30-21(22-29-7-8-37-22)31-20(19)15-5-3-13(25)9-16(15)26/h3,5,7-9,14,20H,2,4,6,10-12H2,1H3,(H,30,31)(H,33,34)/t14-,20-/m0/s1. The third kappa shape index (κ3) is 6.46. The molecule has 1 aromatic heterocycles. The number of nitrogens with zero attached hydrogens (tertiary/aromatic N) is 3. The average Bonchev–Trinajstić information content (AvgIpc) is 3.45. The maximum absolute atomic E-state index is 14.5. The van der Waals surface area contributed by atoms with Gasteiger partial charge in [0.2, 0.25) is 0 Å². The van der Waals surface area contributed by atoms with Crippen molar-refractivity contribution in [3.8, 4) is 0 Å². The van der Waals surface area contributed by atoms with Crippen LogP contribution in [0.1, 0.15) is 42.8 Å². The molecule has 0 unspecified atom stereocenters. The fourth-order valence-corrected chi connectivity index (χ4v) is 5.59. The summed E-state index contributed by atoms with van der Waals surface area (Å²) in [6.45, 7) is 1.09. The van der Waals surface area contributed by atoms with Crippen molar-refractivity contribution in [3.05, 3.63) is 61.7 Å². The van der Waals surface area contributed by atoms with Crippen molar-refractivity contribution < 1.29 is 28.2 Å². The van der Waals surface area contributed by atoms with Crippen LogP contribution in [0.5, 0.6) is 0 Å². The number of aromatic nitrogens is 1. The lowest BCUT2D eigenvalue weighted by molar-refractivity contribution is -0.139. The Bertz CT molecular complexity index is 1240. The molecule has 3 heterocycles. The second-order valence-corrected chi connectivity index (χ2v) is 10.4. The Balaban J connectivity index is 1.80. The fraction of sp³-hybridized carbons (Fsp3) is 0.417. The molecule has 4 rings (SSSR count). The molecule has 0 saturated carbocycles. The number of hydrogen-bond donors (Lipinski definition) is 2. The van der Waals surface area contributed by atoms with Crippen LogP contribution in [0.3, 0.4) is 0 Å². The summed E-state index contributed by atoms with van der Waals surface area (Å²) in [6, 6.07) is 3.20. The minimum atomic E-state index is -2.99. The molecule has 0 spiro atoms. The van der Waals surface area contributed by atoms with E-state index in [0.717, 1.165) is 0 Å². The number of carboxylic acids is 1. The molecular formula is C24H24Cl2F2N4O4S. The molecule has 198 valence electrons. The molecule has 13 heteroatoms. The van der Waals surface area contributed by atoms with Gasteiger partial charge in [0.05, 0.1) is 18.7 Å². The Labute approximate surface area is 225 Å². The predicted molar refractivity (Wildman–Crippen MR) is 136 cm³/mol. The number of carboxylic acid groups (broad SMARTS) is 1. The molecule has 2 aliphatic heterocycles. The number of likely N-dealkylation sites (tertiary alicyclic amines) is 1. The molecule has 8 nitrogen and oxygen atoms in total. The first-order chi connectivity index (χ1) is 17.6. The highest BCUT2D eigenvalue weighted by atomic mass is 35.5. The van der Waals surface area contributed by atoms with E-state index in [2.05, 4.69) is 10.3 Å². The van der Waals surface area contributed by atoms with Crippen molar-refractivity contribution in [2.24, 2.45) is 4.99 Å². The largest absolute Gasteiger partial charge is 0.481 e. The van der Waals surface area contributed by atoms with E-state index >= 15 is 0 Å². The Morgan fingerprint density at radius 2 is 2.14 bits per heavy atom. The molecule has 0 amide bonds. The minimum absolute atomic E-state index is 0.0484. The molecule has 0 bridgehead atoms. The number of carbonyl (C=O) groups excluding carboxylic acids is 1. The molecule has 0 radical (unpaired) electrons. The number of halogens is 4. The number of esters is 1. The maximum atomic E-state index is 14.5. The summed E-state index contributed by atoms with van der Waals surface area (Å²) >= 11 is 13.9. The van der Waals surface area contributed by atoms with Gasteiger partial charge in [-0.15, -0.1) is 11.3 Å². The van der Waals surface area contributed by atoms with Crippen LogP contribution in [0, 0.1) is 0 Å². The van der Waals surface area contributed by atoms with E-state index in [0.29, 0.717) is 27.1 Å². The van der Waals surface area contributed by atoms with Gasteiger partial charge in [-0.05, 0) is 25.5 Å². The number of amidine groups is 1. The Hall–Kier alpha value is -2.60. The summed E-state index contributed by atoms with van der Waals surface area (Å²) in [4.78, 5) is 34.9. The van der Waals surface area contributed by atoms with E-state index in [1.165, 1.54) is 22.3 Å². The van der Waals surface area contributed by atoms with Crippen LogP contribution in [0.4, 0.5) is 8.78 Å². The highest BCUT2D eigenvalue weighted by Crippen LogP contribution is 2.39. The summed E-state index contributed by atoms with van der Waals surface area (Å²) < 4.78 is 34.2. The fourth-order valence-electron chi connectivity index (χ4n) is 4.49. The summed E-state index contributed by atoms with van der Waals surface area (Å²) in [6.07, 6.45) is 0.931. The van der Waals surface area contributed by atoms with Gasteiger partial charge in [0, 0.05) is 58.3 Å². The smallest absolute Gasteiger partial charge is 0.338 e. The van der Waals surface area contributed by atoms with Gasteiger partial charge in [-0.2, -0.15) is 0 Å². The zero-order valence-electron chi connectivity index (χ0n) is 19.7. The van der Waals surface area contributed by atoms with Crippen molar-refractivity contribution >= 4 is 52.3 Å². The highest BCUT2D eigenvalue weighted by Gasteiger charge is 2.46. The van der Waals surface area contributed by atoms with Crippen LogP contribution < -0.4 is 5.32 Å². The second kappa shape index (κ2) is 11.4. The zero-order valence-corrected chi connectivity index (χ0v) is 22.0. The van der Waals surface area contributed by atoms with Crippen molar-refractivity contribution in [1.29, 1.82) is 0 Å². The number of hydrogen-bond acceptors (Lipinski definition) is 8. The van der Waals surface area contributed by atoms with Crippen LogP contribution in [0.2, 0.25) is 10.0 Å². The quantitative estimate of drug-likeness (QED) is 0.410. The van der Waals surface area contributed by atoms with Crippen LogP contribution >= 0.6 is 34.5 Å².